The summed E-state index contributed by atoms with van der Waals surface area (Å²) in [4.78, 5) is 7.08. The average molecular weight is 269 g/mol. The third-order valence-corrected chi connectivity index (χ3v) is 4.60. The topological polar surface area (TPSA) is 42.2 Å². The highest BCUT2D eigenvalue weighted by Crippen LogP contribution is 2.32. The third-order valence-electron chi connectivity index (χ3n) is 4.60. The average Bonchev–Trinajstić information content (AvgIpc) is 2.53. The van der Waals surface area contributed by atoms with Crippen LogP contribution in [0, 0.1) is 5.92 Å². The summed E-state index contributed by atoms with van der Waals surface area (Å²) in [6, 6.07) is 11.0. The maximum absolute atomic E-state index is 6.02. The molecule has 0 radical (unpaired) electrons. The van der Waals surface area contributed by atoms with Gasteiger partial charge in [-0.25, -0.2) is 4.98 Å². The molecule has 1 saturated heterocycles. The molecule has 3 heteroatoms. The molecule has 2 unspecified atom stereocenters. The maximum Gasteiger partial charge on any atom is 0.136 e. The lowest BCUT2D eigenvalue weighted by Crippen LogP contribution is -2.47. The van der Waals surface area contributed by atoms with Gasteiger partial charge in [0.25, 0.3) is 0 Å². The van der Waals surface area contributed by atoms with Crippen molar-refractivity contribution in [3.05, 3.63) is 36.5 Å². The first-order chi connectivity index (χ1) is 9.83. The zero-order valence-electron chi connectivity index (χ0n) is 12.1. The van der Waals surface area contributed by atoms with E-state index in [1.807, 2.05) is 6.20 Å². The summed E-state index contributed by atoms with van der Waals surface area (Å²) in [6.45, 7) is 4.06. The van der Waals surface area contributed by atoms with Gasteiger partial charge in [0.1, 0.15) is 5.82 Å². The molecule has 2 aromatic rings. The van der Waals surface area contributed by atoms with Gasteiger partial charge in [0.2, 0.25) is 0 Å². The number of hydrogen-bond donors (Lipinski definition) is 1. The van der Waals surface area contributed by atoms with Gasteiger partial charge in [0.15, 0.2) is 0 Å². The molecule has 2 heterocycles. The first-order valence-electron chi connectivity index (χ1n) is 7.64. The highest BCUT2D eigenvalue weighted by atomic mass is 15.2. The van der Waals surface area contributed by atoms with Crippen LogP contribution < -0.4 is 10.6 Å². The quantitative estimate of drug-likeness (QED) is 0.930. The summed E-state index contributed by atoms with van der Waals surface area (Å²) in [5, 5.41) is 2.49. The van der Waals surface area contributed by atoms with Gasteiger partial charge in [0, 0.05) is 30.7 Å². The molecule has 0 amide bonds. The summed E-state index contributed by atoms with van der Waals surface area (Å²) >= 11 is 0. The molecule has 106 valence electrons. The zero-order valence-corrected chi connectivity index (χ0v) is 12.1. The number of nitrogens with two attached hydrogens (primary N) is 1. The van der Waals surface area contributed by atoms with Crippen molar-refractivity contribution >= 4 is 16.6 Å². The van der Waals surface area contributed by atoms with Crippen molar-refractivity contribution in [2.45, 2.75) is 32.2 Å². The Balaban J connectivity index is 1.97. The summed E-state index contributed by atoms with van der Waals surface area (Å²) < 4.78 is 0. The number of nitrogens with zero attached hydrogens (tertiary/aromatic N) is 2. The molecule has 3 nitrogen and oxygen atoms in total. The van der Waals surface area contributed by atoms with Crippen molar-refractivity contribution in [2.75, 3.05) is 18.0 Å². The number of benzene rings is 1. The number of pyridine rings is 1. The van der Waals surface area contributed by atoms with E-state index in [0.29, 0.717) is 12.6 Å². The van der Waals surface area contributed by atoms with Crippen LogP contribution in [0.5, 0.6) is 0 Å². The summed E-state index contributed by atoms with van der Waals surface area (Å²) in [5.74, 6) is 1.92. The normalized spacial score (nSPS) is 23.2. The Morgan fingerprint density at radius 1 is 1.30 bits per heavy atom. The molecule has 3 rings (SSSR count). The van der Waals surface area contributed by atoms with Gasteiger partial charge >= 0.3 is 0 Å². The molecule has 1 aliphatic heterocycles. The molecule has 1 aromatic heterocycles. The van der Waals surface area contributed by atoms with Gasteiger partial charge < -0.3 is 10.6 Å². The van der Waals surface area contributed by atoms with E-state index in [0.717, 1.165) is 18.3 Å². The van der Waals surface area contributed by atoms with E-state index in [4.69, 9.17) is 5.73 Å². The number of anilines is 1. The minimum absolute atomic E-state index is 0.423. The fourth-order valence-corrected chi connectivity index (χ4v) is 3.34. The Labute approximate surface area is 120 Å². The number of rotatable bonds is 3. The van der Waals surface area contributed by atoms with E-state index in [1.165, 1.54) is 30.0 Å². The van der Waals surface area contributed by atoms with Gasteiger partial charge in [-0.3, -0.25) is 0 Å². The SMILES string of the molecule is CCC1CCN(c2nccc3ccccc23)C(CN)C1. The minimum Gasteiger partial charge on any atom is -0.352 e. The van der Waals surface area contributed by atoms with Crippen LogP contribution in [0.25, 0.3) is 10.8 Å². The lowest BCUT2D eigenvalue weighted by molar-refractivity contribution is 0.335. The van der Waals surface area contributed by atoms with Crippen LogP contribution in [0.2, 0.25) is 0 Å². The molecule has 1 aliphatic rings. The van der Waals surface area contributed by atoms with E-state index in [2.05, 4.69) is 47.1 Å². The second-order valence-electron chi connectivity index (χ2n) is 5.74. The molecule has 0 spiro atoms. The zero-order chi connectivity index (χ0) is 13.9. The number of aromatic nitrogens is 1. The maximum atomic E-state index is 6.02. The van der Waals surface area contributed by atoms with E-state index in [1.54, 1.807) is 0 Å². The molecule has 1 aromatic carbocycles. The van der Waals surface area contributed by atoms with Crippen LogP contribution in [0.1, 0.15) is 26.2 Å². The molecule has 20 heavy (non-hydrogen) atoms. The molecule has 0 bridgehead atoms. The van der Waals surface area contributed by atoms with Gasteiger partial charge in [-0.15, -0.1) is 0 Å². The number of fused-ring (bicyclic) bond motifs is 1. The Morgan fingerprint density at radius 3 is 2.95 bits per heavy atom. The van der Waals surface area contributed by atoms with Crippen LogP contribution in [-0.4, -0.2) is 24.1 Å². The van der Waals surface area contributed by atoms with Crippen LogP contribution in [0.3, 0.4) is 0 Å². The number of hydrogen-bond acceptors (Lipinski definition) is 3. The monoisotopic (exact) mass is 269 g/mol. The van der Waals surface area contributed by atoms with Crippen molar-refractivity contribution in [1.82, 2.24) is 4.98 Å². The standard InChI is InChI=1S/C17H23N3/c1-2-13-8-10-20(15(11-13)12-18)17-16-6-4-3-5-14(16)7-9-19-17/h3-7,9,13,15H,2,8,10-12,18H2,1H3. The van der Waals surface area contributed by atoms with Crippen molar-refractivity contribution in [3.63, 3.8) is 0 Å². The predicted molar refractivity (Wildman–Crippen MR) is 84.9 cm³/mol. The lowest BCUT2D eigenvalue weighted by Gasteiger charge is -2.40. The lowest BCUT2D eigenvalue weighted by atomic mass is 9.88. The molecule has 0 aliphatic carbocycles. The molecule has 2 atom stereocenters. The van der Waals surface area contributed by atoms with Crippen molar-refractivity contribution < 1.29 is 0 Å². The second-order valence-corrected chi connectivity index (χ2v) is 5.74. The van der Waals surface area contributed by atoms with Crippen LogP contribution >= 0.6 is 0 Å². The van der Waals surface area contributed by atoms with E-state index in [9.17, 15) is 0 Å². The highest BCUT2D eigenvalue weighted by molar-refractivity contribution is 5.92. The summed E-state index contributed by atoms with van der Waals surface area (Å²) in [5.41, 5.74) is 6.02. The van der Waals surface area contributed by atoms with Crippen LogP contribution in [-0.2, 0) is 0 Å². The Kier molecular flexibility index (Phi) is 3.88. The van der Waals surface area contributed by atoms with Crippen molar-refractivity contribution in [3.8, 4) is 0 Å². The molecular formula is C17H23N3. The van der Waals surface area contributed by atoms with Gasteiger partial charge in [-0.05, 0) is 30.2 Å². The number of piperidine rings is 1. The summed E-state index contributed by atoms with van der Waals surface area (Å²) in [7, 11) is 0. The van der Waals surface area contributed by atoms with E-state index >= 15 is 0 Å². The van der Waals surface area contributed by atoms with E-state index < -0.39 is 0 Å². The van der Waals surface area contributed by atoms with Crippen LogP contribution in [0.4, 0.5) is 5.82 Å². The highest BCUT2D eigenvalue weighted by Gasteiger charge is 2.28. The molecule has 1 fully saturated rings. The predicted octanol–water partition coefficient (Wildman–Crippen LogP) is 3.19. The van der Waals surface area contributed by atoms with Gasteiger partial charge in [-0.1, -0.05) is 37.6 Å². The first kappa shape index (κ1) is 13.4. The Hall–Kier alpha value is -1.61. The second kappa shape index (κ2) is 5.80. The van der Waals surface area contributed by atoms with Crippen molar-refractivity contribution in [1.29, 1.82) is 0 Å². The first-order valence-corrected chi connectivity index (χ1v) is 7.64. The smallest absolute Gasteiger partial charge is 0.136 e. The third kappa shape index (κ3) is 2.38. The fourth-order valence-electron chi connectivity index (χ4n) is 3.34. The van der Waals surface area contributed by atoms with Gasteiger partial charge in [0.05, 0.1) is 0 Å². The van der Waals surface area contributed by atoms with E-state index in [-0.39, 0.29) is 0 Å². The largest absolute Gasteiger partial charge is 0.352 e. The Bertz CT molecular complexity index is 576. The fraction of sp³-hybridized carbons (Fsp3) is 0.471. The van der Waals surface area contributed by atoms with Crippen molar-refractivity contribution in [2.24, 2.45) is 11.7 Å². The molecule has 2 N–H and O–H groups in total. The Morgan fingerprint density at radius 2 is 2.15 bits per heavy atom. The molecular weight excluding hydrogens is 246 g/mol. The van der Waals surface area contributed by atoms with Crippen LogP contribution in [0.15, 0.2) is 36.5 Å². The summed E-state index contributed by atoms with van der Waals surface area (Å²) in [6.07, 6.45) is 5.61. The minimum atomic E-state index is 0.423. The molecule has 0 saturated carbocycles. The van der Waals surface area contributed by atoms with Gasteiger partial charge in [-0.2, -0.15) is 0 Å².